The highest BCUT2D eigenvalue weighted by atomic mass is 16.5. The molecular weight excluding hydrogens is 346 g/mol. The van der Waals surface area contributed by atoms with E-state index in [2.05, 4.69) is 12.7 Å². The predicted molar refractivity (Wildman–Crippen MR) is 106 cm³/mol. The third kappa shape index (κ3) is 5.89. The van der Waals surface area contributed by atoms with Crippen LogP contribution in [0.4, 0.5) is 0 Å². The highest BCUT2D eigenvalue weighted by Gasteiger charge is 2.19. The van der Waals surface area contributed by atoms with Crippen molar-refractivity contribution in [3.63, 3.8) is 0 Å². The number of esters is 1. The van der Waals surface area contributed by atoms with Gasteiger partial charge in [0.15, 0.2) is 11.5 Å². The zero-order valence-electron chi connectivity index (χ0n) is 16.7. The van der Waals surface area contributed by atoms with Crippen LogP contribution in [0, 0.1) is 0 Å². The van der Waals surface area contributed by atoms with Crippen molar-refractivity contribution in [3.05, 3.63) is 53.6 Å². The van der Waals surface area contributed by atoms with Crippen LogP contribution in [0.25, 0.3) is 0 Å². The lowest BCUT2D eigenvalue weighted by molar-refractivity contribution is 0.0476. The number of hydrogen-bond donors (Lipinski definition) is 1. The SMILES string of the molecule is CCC(COC(=O)c1cc(OC)c(OC)c(OC)c1)c1ccccc1.CN. The Morgan fingerprint density at radius 2 is 1.52 bits per heavy atom. The molecule has 6 nitrogen and oxygen atoms in total. The maximum atomic E-state index is 12.5. The van der Waals surface area contributed by atoms with E-state index in [0.29, 0.717) is 29.4 Å². The first-order valence-electron chi connectivity index (χ1n) is 8.74. The van der Waals surface area contributed by atoms with Crippen LogP contribution in [0.3, 0.4) is 0 Å². The summed E-state index contributed by atoms with van der Waals surface area (Å²) in [5, 5.41) is 0. The highest BCUT2D eigenvalue weighted by Crippen LogP contribution is 2.38. The van der Waals surface area contributed by atoms with Crippen molar-refractivity contribution in [2.24, 2.45) is 5.73 Å². The molecular formula is C21H29NO5. The normalized spacial score (nSPS) is 10.9. The van der Waals surface area contributed by atoms with Crippen LogP contribution >= 0.6 is 0 Å². The molecule has 0 heterocycles. The lowest BCUT2D eigenvalue weighted by Crippen LogP contribution is -2.13. The molecule has 2 N–H and O–H groups in total. The van der Waals surface area contributed by atoms with Crippen molar-refractivity contribution in [2.75, 3.05) is 35.0 Å². The van der Waals surface area contributed by atoms with Crippen molar-refractivity contribution in [1.29, 1.82) is 0 Å². The number of nitrogens with two attached hydrogens (primary N) is 1. The van der Waals surface area contributed by atoms with E-state index in [1.54, 1.807) is 12.1 Å². The zero-order chi connectivity index (χ0) is 20.2. The van der Waals surface area contributed by atoms with E-state index < -0.39 is 5.97 Å². The van der Waals surface area contributed by atoms with Gasteiger partial charge in [0, 0.05) is 5.92 Å². The molecule has 0 amide bonds. The van der Waals surface area contributed by atoms with Crippen molar-refractivity contribution in [3.8, 4) is 17.2 Å². The molecule has 2 aromatic rings. The largest absolute Gasteiger partial charge is 0.493 e. The maximum Gasteiger partial charge on any atom is 0.338 e. The van der Waals surface area contributed by atoms with Crippen molar-refractivity contribution in [1.82, 2.24) is 0 Å². The molecule has 0 bridgehead atoms. The van der Waals surface area contributed by atoms with E-state index in [0.717, 1.165) is 12.0 Å². The Labute approximate surface area is 161 Å². The average molecular weight is 375 g/mol. The molecule has 6 heteroatoms. The zero-order valence-corrected chi connectivity index (χ0v) is 16.7. The van der Waals surface area contributed by atoms with Gasteiger partial charge in [0.05, 0.1) is 33.5 Å². The molecule has 0 spiro atoms. The molecule has 0 aliphatic rings. The van der Waals surface area contributed by atoms with E-state index in [1.807, 2.05) is 30.3 Å². The van der Waals surface area contributed by atoms with Crippen LogP contribution in [0.2, 0.25) is 0 Å². The quantitative estimate of drug-likeness (QED) is 0.710. The summed E-state index contributed by atoms with van der Waals surface area (Å²) in [5.41, 5.74) is 6.01. The fraction of sp³-hybridized carbons (Fsp3) is 0.381. The Balaban J connectivity index is 0.00000176. The van der Waals surface area contributed by atoms with E-state index in [4.69, 9.17) is 18.9 Å². The van der Waals surface area contributed by atoms with Gasteiger partial charge in [-0.1, -0.05) is 37.3 Å². The lowest BCUT2D eigenvalue weighted by atomic mass is 9.97. The van der Waals surface area contributed by atoms with Gasteiger partial charge in [0.25, 0.3) is 0 Å². The molecule has 0 aromatic heterocycles. The smallest absolute Gasteiger partial charge is 0.338 e. The molecule has 0 radical (unpaired) electrons. The number of hydrogen-bond acceptors (Lipinski definition) is 6. The van der Waals surface area contributed by atoms with Crippen LogP contribution in [0.15, 0.2) is 42.5 Å². The minimum atomic E-state index is -0.423. The summed E-state index contributed by atoms with van der Waals surface area (Å²) in [6.07, 6.45) is 0.881. The number of carbonyl (C=O) groups is 1. The number of rotatable bonds is 8. The van der Waals surface area contributed by atoms with E-state index >= 15 is 0 Å². The van der Waals surface area contributed by atoms with Gasteiger partial charge < -0.3 is 24.7 Å². The van der Waals surface area contributed by atoms with Crippen LogP contribution in [-0.2, 0) is 4.74 Å². The Morgan fingerprint density at radius 3 is 1.96 bits per heavy atom. The van der Waals surface area contributed by atoms with Gasteiger partial charge in [-0.2, -0.15) is 0 Å². The summed E-state index contributed by atoms with van der Waals surface area (Å²) in [6, 6.07) is 13.2. The van der Waals surface area contributed by atoms with Crippen molar-refractivity contribution in [2.45, 2.75) is 19.3 Å². The monoisotopic (exact) mass is 375 g/mol. The number of methoxy groups -OCH3 is 3. The molecule has 1 unspecified atom stereocenters. The van der Waals surface area contributed by atoms with Gasteiger partial charge in [-0.3, -0.25) is 0 Å². The van der Waals surface area contributed by atoms with Gasteiger partial charge in [-0.05, 0) is 31.2 Å². The third-order valence-electron chi connectivity index (χ3n) is 4.08. The van der Waals surface area contributed by atoms with E-state index in [-0.39, 0.29) is 5.92 Å². The molecule has 0 saturated heterocycles. The summed E-state index contributed by atoms with van der Waals surface area (Å²) in [5.74, 6) is 1.02. The van der Waals surface area contributed by atoms with Crippen molar-refractivity contribution >= 4 is 5.97 Å². The highest BCUT2D eigenvalue weighted by molar-refractivity contribution is 5.91. The number of benzene rings is 2. The standard InChI is InChI=1S/C20H24O5.CH5N/c1-5-14(15-9-7-6-8-10-15)13-25-20(21)16-11-17(22-2)19(24-4)18(12-16)23-3;1-2/h6-12,14H,5,13H2,1-4H3;2H2,1H3. The van der Waals surface area contributed by atoms with Crippen LogP contribution in [-0.4, -0.2) is 41.0 Å². The molecule has 0 aliphatic heterocycles. The number of carbonyl (C=O) groups excluding carboxylic acids is 1. The summed E-state index contributed by atoms with van der Waals surface area (Å²) in [4.78, 5) is 12.5. The Morgan fingerprint density at radius 1 is 0.963 bits per heavy atom. The minimum Gasteiger partial charge on any atom is -0.493 e. The van der Waals surface area contributed by atoms with Gasteiger partial charge in [0.1, 0.15) is 0 Å². The van der Waals surface area contributed by atoms with E-state index in [9.17, 15) is 4.79 Å². The van der Waals surface area contributed by atoms with E-state index in [1.165, 1.54) is 28.4 Å². The summed E-state index contributed by atoms with van der Waals surface area (Å²) < 4.78 is 21.3. The Bertz CT molecular complexity index is 678. The first-order valence-corrected chi connectivity index (χ1v) is 8.74. The average Bonchev–Trinajstić information content (AvgIpc) is 2.74. The summed E-state index contributed by atoms with van der Waals surface area (Å²) in [7, 11) is 6.04. The lowest BCUT2D eigenvalue weighted by Gasteiger charge is -2.17. The molecule has 1 atom stereocenters. The molecule has 2 rings (SSSR count). The van der Waals surface area contributed by atoms with Gasteiger partial charge in [0.2, 0.25) is 5.75 Å². The molecule has 0 aliphatic carbocycles. The fourth-order valence-electron chi connectivity index (χ4n) is 2.63. The fourth-order valence-corrected chi connectivity index (χ4v) is 2.63. The van der Waals surface area contributed by atoms with Crippen LogP contribution in [0.5, 0.6) is 17.2 Å². The first-order chi connectivity index (χ1) is 13.1. The predicted octanol–water partition coefficient (Wildman–Crippen LogP) is 3.64. The second kappa shape index (κ2) is 11.8. The van der Waals surface area contributed by atoms with Crippen molar-refractivity contribution < 1.29 is 23.7 Å². The first kappa shape index (κ1) is 22.3. The van der Waals surface area contributed by atoms with Gasteiger partial charge in [-0.15, -0.1) is 0 Å². The Hall–Kier alpha value is -2.73. The second-order valence-corrected chi connectivity index (χ2v) is 5.53. The molecule has 0 saturated carbocycles. The van der Waals surface area contributed by atoms with Gasteiger partial charge >= 0.3 is 5.97 Å². The van der Waals surface area contributed by atoms with Crippen LogP contribution < -0.4 is 19.9 Å². The summed E-state index contributed by atoms with van der Waals surface area (Å²) >= 11 is 0. The third-order valence-corrected chi connectivity index (χ3v) is 4.08. The Kier molecular flexibility index (Phi) is 9.75. The van der Waals surface area contributed by atoms with Crippen LogP contribution in [0.1, 0.15) is 35.2 Å². The molecule has 0 fully saturated rings. The number of ether oxygens (including phenoxy) is 4. The minimum absolute atomic E-state index is 0.159. The summed E-state index contributed by atoms with van der Waals surface area (Å²) in [6.45, 7) is 2.39. The van der Waals surface area contributed by atoms with Gasteiger partial charge in [-0.25, -0.2) is 4.79 Å². The molecule has 148 valence electrons. The topological polar surface area (TPSA) is 80.0 Å². The second-order valence-electron chi connectivity index (χ2n) is 5.53. The molecule has 2 aromatic carbocycles. The maximum absolute atomic E-state index is 12.5. The molecule has 27 heavy (non-hydrogen) atoms.